The molecule has 0 unspecified atom stereocenters. The smallest absolute Gasteiger partial charge is 0.198 e. The maximum atomic E-state index is 13.6. The van der Waals surface area contributed by atoms with Crippen molar-refractivity contribution in [1.29, 1.82) is 0 Å². The first-order valence-electron chi connectivity index (χ1n) is 4.47. The average Bonchev–Trinajstić information content (AvgIpc) is 2.50. The molecule has 19 heavy (non-hydrogen) atoms. The number of halogens is 8. The predicted molar refractivity (Wildman–Crippen MR) is 62.7 cm³/mol. The molecule has 0 saturated carbocycles. The number of hydrogen-bond acceptors (Lipinski definition) is 1. The van der Waals surface area contributed by atoms with Crippen molar-refractivity contribution in [3.63, 3.8) is 0 Å². The second kappa shape index (κ2) is 4.52. The molecule has 0 spiro atoms. The van der Waals surface area contributed by atoms with Gasteiger partial charge in [0.05, 0.1) is 11.1 Å². The van der Waals surface area contributed by atoms with Gasteiger partial charge >= 0.3 is 0 Å². The molecule has 1 aliphatic rings. The fourth-order valence-corrected chi connectivity index (χ4v) is 3.10. The topological polar surface area (TPSA) is 17.1 Å². The molecule has 0 aromatic heterocycles. The first kappa shape index (κ1) is 14.9. The number of fused-ring (bicyclic) bond motifs is 1. The van der Waals surface area contributed by atoms with Crippen molar-refractivity contribution in [1.82, 2.24) is 0 Å². The standard InChI is InChI=1S/C10Cl4F4O/c11-9(12)3-8(19)1-2(10(3,13)14)5(16)7(18)6(17)4(1)15. The molecule has 0 N–H and O–H groups in total. The Morgan fingerprint density at radius 1 is 0.895 bits per heavy atom. The van der Waals surface area contributed by atoms with Crippen molar-refractivity contribution in [3.05, 3.63) is 44.5 Å². The summed E-state index contributed by atoms with van der Waals surface area (Å²) in [5, 5.41) is 0. The zero-order chi connectivity index (χ0) is 14.7. The summed E-state index contributed by atoms with van der Waals surface area (Å²) in [5.74, 6) is -9.39. The van der Waals surface area contributed by atoms with E-state index in [2.05, 4.69) is 0 Å². The molecule has 0 heterocycles. The van der Waals surface area contributed by atoms with Gasteiger partial charge in [0.2, 0.25) is 0 Å². The summed E-state index contributed by atoms with van der Waals surface area (Å²) in [6.07, 6.45) is 0. The van der Waals surface area contributed by atoms with Crippen LogP contribution >= 0.6 is 46.4 Å². The molecular weight excluding hydrogens is 354 g/mol. The summed E-state index contributed by atoms with van der Waals surface area (Å²) in [6.45, 7) is 0. The average molecular weight is 354 g/mol. The van der Waals surface area contributed by atoms with Crippen LogP contribution < -0.4 is 0 Å². The van der Waals surface area contributed by atoms with Gasteiger partial charge in [-0.25, -0.2) is 17.6 Å². The molecule has 0 bridgehead atoms. The third-order valence-electron chi connectivity index (χ3n) is 2.54. The van der Waals surface area contributed by atoms with Crippen LogP contribution in [0.25, 0.3) is 0 Å². The zero-order valence-electron chi connectivity index (χ0n) is 8.43. The first-order chi connectivity index (χ1) is 8.62. The number of carbonyl (C=O) groups excluding carboxylic acids is 1. The van der Waals surface area contributed by atoms with E-state index in [4.69, 9.17) is 46.4 Å². The fraction of sp³-hybridized carbons (Fsp3) is 0.100. The van der Waals surface area contributed by atoms with Crippen LogP contribution in [0.4, 0.5) is 17.6 Å². The Balaban J connectivity index is 2.99. The summed E-state index contributed by atoms with van der Waals surface area (Å²) in [6, 6.07) is 0. The lowest BCUT2D eigenvalue weighted by Crippen LogP contribution is -2.14. The molecule has 2 rings (SSSR count). The Hall–Kier alpha value is -0.490. The third-order valence-corrected chi connectivity index (χ3v) is 3.67. The molecule has 1 nitrogen and oxygen atoms in total. The highest BCUT2D eigenvalue weighted by Gasteiger charge is 2.52. The maximum absolute atomic E-state index is 13.6. The Kier molecular flexibility index (Phi) is 3.54. The number of rotatable bonds is 0. The number of benzene rings is 1. The summed E-state index contributed by atoms with van der Waals surface area (Å²) >= 11 is 22.1. The molecule has 1 aliphatic carbocycles. The van der Waals surface area contributed by atoms with Crippen LogP contribution in [0.15, 0.2) is 10.1 Å². The van der Waals surface area contributed by atoms with Gasteiger partial charge in [0.25, 0.3) is 0 Å². The van der Waals surface area contributed by atoms with E-state index in [9.17, 15) is 22.4 Å². The van der Waals surface area contributed by atoms with Gasteiger partial charge in [0.1, 0.15) is 4.49 Å². The van der Waals surface area contributed by atoms with Crippen LogP contribution in [0, 0.1) is 23.3 Å². The molecule has 0 aliphatic heterocycles. The van der Waals surface area contributed by atoms with Gasteiger partial charge in [-0.05, 0) is 0 Å². The highest BCUT2D eigenvalue weighted by Crippen LogP contribution is 2.53. The van der Waals surface area contributed by atoms with Crippen molar-refractivity contribution < 1.29 is 22.4 Å². The van der Waals surface area contributed by atoms with Crippen LogP contribution in [0.3, 0.4) is 0 Å². The monoisotopic (exact) mass is 352 g/mol. The molecule has 0 saturated heterocycles. The minimum Gasteiger partial charge on any atom is -0.289 e. The summed E-state index contributed by atoms with van der Waals surface area (Å²) in [7, 11) is 0. The minimum absolute atomic E-state index is 0.759. The SMILES string of the molecule is O=C1C(=C(Cl)Cl)C(Cl)(Cl)c2c(F)c(F)c(F)c(F)c21. The number of alkyl halides is 2. The number of ketones is 1. The molecular formula is C10Cl4F4O. The van der Waals surface area contributed by atoms with Gasteiger partial charge in [-0.15, -0.1) is 0 Å². The zero-order valence-corrected chi connectivity index (χ0v) is 11.5. The molecule has 0 amide bonds. The lowest BCUT2D eigenvalue weighted by Gasteiger charge is -2.16. The quantitative estimate of drug-likeness (QED) is 0.216. The second-order valence-corrected chi connectivity index (χ2v) is 5.82. The van der Waals surface area contributed by atoms with E-state index in [1.165, 1.54) is 0 Å². The summed E-state index contributed by atoms with van der Waals surface area (Å²) in [5.41, 5.74) is -2.95. The molecule has 0 fully saturated rings. The third kappa shape index (κ3) is 1.87. The van der Waals surface area contributed by atoms with Crippen molar-refractivity contribution in [3.8, 4) is 0 Å². The normalized spacial score (nSPS) is 16.8. The lowest BCUT2D eigenvalue weighted by atomic mass is 10.1. The summed E-state index contributed by atoms with van der Waals surface area (Å²) in [4.78, 5) is 11.8. The van der Waals surface area contributed by atoms with Crippen LogP contribution in [0.2, 0.25) is 0 Å². The highest BCUT2D eigenvalue weighted by molar-refractivity contribution is 6.62. The fourth-order valence-electron chi connectivity index (χ4n) is 1.74. The van der Waals surface area contributed by atoms with Gasteiger partial charge in [0.15, 0.2) is 33.4 Å². The van der Waals surface area contributed by atoms with Gasteiger partial charge in [-0.3, -0.25) is 4.79 Å². The highest BCUT2D eigenvalue weighted by atomic mass is 35.5. The van der Waals surface area contributed by atoms with Crippen LogP contribution in [-0.2, 0) is 4.33 Å². The Morgan fingerprint density at radius 3 is 1.84 bits per heavy atom. The Bertz CT molecular complexity index is 650. The number of carbonyl (C=O) groups is 1. The number of hydrogen-bond donors (Lipinski definition) is 0. The van der Waals surface area contributed by atoms with Gasteiger partial charge in [-0.1, -0.05) is 46.4 Å². The van der Waals surface area contributed by atoms with E-state index in [0.717, 1.165) is 0 Å². The second-order valence-electron chi connectivity index (χ2n) is 3.54. The molecule has 0 atom stereocenters. The van der Waals surface area contributed by atoms with E-state index >= 15 is 0 Å². The van der Waals surface area contributed by atoms with Crippen LogP contribution in [-0.4, -0.2) is 5.78 Å². The maximum Gasteiger partial charge on any atom is 0.198 e. The molecule has 1 aromatic carbocycles. The molecule has 102 valence electrons. The van der Waals surface area contributed by atoms with Crippen molar-refractivity contribution in [2.24, 2.45) is 0 Å². The predicted octanol–water partition coefficient (Wildman–Crippen LogP) is 4.76. The minimum atomic E-state index is -2.51. The van der Waals surface area contributed by atoms with Gasteiger partial charge in [-0.2, -0.15) is 0 Å². The molecule has 9 heteroatoms. The molecule has 0 radical (unpaired) electrons. The van der Waals surface area contributed by atoms with E-state index in [1.54, 1.807) is 0 Å². The van der Waals surface area contributed by atoms with Crippen molar-refractivity contribution in [2.45, 2.75) is 4.33 Å². The van der Waals surface area contributed by atoms with Gasteiger partial charge < -0.3 is 0 Å². The summed E-state index contributed by atoms with van der Waals surface area (Å²) < 4.78 is 50.2. The Labute approximate surface area is 123 Å². The van der Waals surface area contributed by atoms with Gasteiger partial charge in [0, 0.05) is 5.56 Å². The lowest BCUT2D eigenvalue weighted by molar-refractivity contribution is 0.103. The first-order valence-corrected chi connectivity index (χ1v) is 5.98. The van der Waals surface area contributed by atoms with E-state index in [1.807, 2.05) is 0 Å². The number of allylic oxidation sites excluding steroid dienone is 1. The van der Waals surface area contributed by atoms with Crippen LogP contribution in [0.5, 0.6) is 0 Å². The number of Topliss-reactive ketones (excluding diaryl/α,β-unsaturated/α-hetero) is 1. The molecule has 1 aromatic rings. The van der Waals surface area contributed by atoms with Crippen molar-refractivity contribution in [2.75, 3.05) is 0 Å². The van der Waals surface area contributed by atoms with E-state index in [-0.39, 0.29) is 0 Å². The van der Waals surface area contributed by atoms with E-state index in [0.29, 0.717) is 0 Å². The van der Waals surface area contributed by atoms with Crippen LogP contribution in [0.1, 0.15) is 15.9 Å². The van der Waals surface area contributed by atoms with E-state index < -0.39 is 54.6 Å². The van der Waals surface area contributed by atoms with Crippen molar-refractivity contribution >= 4 is 52.2 Å². The largest absolute Gasteiger partial charge is 0.289 e. The Morgan fingerprint density at radius 2 is 1.37 bits per heavy atom.